The number of hydrogen-bond donors (Lipinski definition) is 0. The first-order chi connectivity index (χ1) is 2.50. The largest absolute Gasteiger partial charge is 1.00 e. The van der Waals surface area contributed by atoms with Gasteiger partial charge in [-0.3, -0.25) is 0 Å². The van der Waals surface area contributed by atoms with Crippen molar-refractivity contribution in [3.63, 3.8) is 0 Å². The molecule has 1 aliphatic rings. The minimum atomic E-state index is 0. The van der Waals surface area contributed by atoms with Gasteiger partial charge in [-0.25, -0.2) is 0 Å². The van der Waals surface area contributed by atoms with Gasteiger partial charge in [0.1, 0.15) is 0 Å². The third kappa shape index (κ3) is 5.25. The average Bonchev–Trinajstić information content (AvgIpc) is 1.76. The maximum absolute atomic E-state index is 2.07. The molecule has 0 atom stereocenters. The van der Waals surface area contributed by atoms with Crippen LogP contribution >= 0.6 is 11.8 Å². The summed E-state index contributed by atoms with van der Waals surface area (Å²) in [7, 11) is 0. The van der Waals surface area contributed by atoms with E-state index in [1.165, 1.54) is 24.3 Å². The Balaban J connectivity index is 0. The van der Waals surface area contributed by atoms with E-state index in [-0.39, 0.29) is 34.8 Å². The van der Waals surface area contributed by atoms with Gasteiger partial charge in [0.2, 0.25) is 0 Å². The third-order valence-corrected chi connectivity index (χ3v) is 1.98. The van der Waals surface area contributed by atoms with Crippen LogP contribution in [-0.4, -0.2) is 11.5 Å². The van der Waals surface area contributed by atoms with Crippen LogP contribution < -0.4 is 0 Å². The van der Waals surface area contributed by atoms with Gasteiger partial charge in [0.05, 0.1) is 0 Å². The van der Waals surface area contributed by atoms with E-state index >= 15 is 0 Å². The number of halogens is 1. The fourth-order valence-corrected chi connectivity index (χ4v) is 1.53. The first-order valence-corrected chi connectivity index (χ1v) is 3.23. The van der Waals surface area contributed by atoms with Crippen molar-refractivity contribution in [3.05, 3.63) is 0 Å². The second-order valence-corrected chi connectivity index (χ2v) is 2.54. The summed E-state index contributed by atoms with van der Waals surface area (Å²) < 4.78 is 0. The van der Waals surface area contributed by atoms with Gasteiger partial charge < -0.3 is 0 Å². The van der Waals surface area contributed by atoms with Gasteiger partial charge in [-0.2, -0.15) is 11.8 Å². The summed E-state index contributed by atoms with van der Waals surface area (Å²) in [5.41, 5.74) is 0. The van der Waals surface area contributed by atoms with Crippen LogP contribution in [0.4, 0.5) is 0 Å². The summed E-state index contributed by atoms with van der Waals surface area (Å²) in [6, 6.07) is 0. The van der Waals surface area contributed by atoms with E-state index in [1.54, 1.807) is 0 Å². The van der Waals surface area contributed by atoms with Crippen molar-refractivity contribution in [3.8, 4) is 0 Å². The van der Waals surface area contributed by atoms with Crippen LogP contribution in [0.3, 0.4) is 0 Å². The van der Waals surface area contributed by atoms with Gasteiger partial charge in [-0.15, -0.1) is 0 Å². The molecule has 1 saturated heterocycles. The SMILES string of the molecule is C1CCSC1.[Au+].[Cl+]. The average molecular weight is 321 g/mol. The summed E-state index contributed by atoms with van der Waals surface area (Å²) >= 11 is 2.07. The third-order valence-electron chi connectivity index (χ3n) is 0.827. The zero-order valence-corrected chi connectivity index (χ0v) is 7.66. The van der Waals surface area contributed by atoms with E-state index < -0.39 is 0 Å². The predicted molar refractivity (Wildman–Crippen MR) is 26.6 cm³/mol. The molecule has 1 heterocycles. The van der Waals surface area contributed by atoms with Crippen LogP contribution in [-0.2, 0) is 22.4 Å². The van der Waals surface area contributed by atoms with Crippen LogP contribution in [0.25, 0.3) is 0 Å². The fraction of sp³-hybridized carbons (Fsp3) is 1.00. The maximum Gasteiger partial charge on any atom is 1.00 e. The maximum atomic E-state index is 2.07. The molecule has 0 N–H and O–H groups in total. The smallest absolute Gasteiger partial charge is 0.162 e. The molecule has 7 heavy (non-hydrogen) atoms. The van der Waals surface area contributed by atoms with E-state index in [2.05, 4.69) is 11.8 Å². The summed E-state index contributed by atoms with van der Waals surface area (Å²) in [5.74, 6) is 2.83. The van der Waals surface area contributed by atoms with Gasteiger partial charge in [0.15, 0.2) is 0 Å². The van der Waals surface area contributed by atoms with Crippen molar-refractivity contribution in [1.82, 2.24) is 0 Å². The molecule has 0 aromatic carbocycles. The summed E-state index contributed by atoms with van der Waals surface area (Å²) in [5, 5.41) is 0. The normalized spacial score (nSPS) is 17.1. The first kappa shape index (κ1) is 11.2. The monoisotopic (exact) mass is 320 g/mol. The van der Waals surface area contributed by atoms with Crippen molar-refractivity contribution in [2.45, 2.75) is 12.8 Å². The van der Waals surface area contributed by atoms with E-state index in [4.69, 9.17) is 0 Å². The van der Waals surface area contributed by atoms with E-state index in [0.717, 1.165) is 0 Å². The molecule has 0 aromatic rings. The van der Waals surface area contributed by atoms with Crippen molar-refractivity contribution in [2.24, 2.45) is 0 Å². The summed E-state index contributed by atoms with van der Waals surface area (Å²) in [6.45, 7) is 0. The topological polar surface area (TPSA) is 0 Å². The molecule has 46 valence electrons. The Hall–Kier alpha value is 1.38. The molecule has 1 aliphatic heterocycles. The van der Waals surface area contributed by atoms with Gasteiger partial charge >= 0.3 is 34.8 Å². The van der Waals surface area contributed by atoms with Crippen LogP contribution in [0.15, 0.2) is 0 Å². The van der Waals surface area contributed by atoms with E-state index in [1.807, 2.05) is 0 Å². The molecular weight excluding hydrogens is 313 g/mol. The van der Waals surface area contributed by atoms with Gasteiger partial charge in [-0.05, 0) is 24.3 Å². The van der Waals surface area contributed by atoms with Crippen LogP contribution in [0.2, 0.25) is 0 Å². The second kappa shape index (κ2) is 7.38. The van der Waals surface area contributed by atoms with Gasteiger partial charge in [0.25, 0.3) is 0 Å². The van der Waals surface area contributed by atoms with Crippen molar-refractivity contribution in [1.29, 1.82) is 0 Å². The Labute approximate surface area is 70.7 Å². The summed E-state index contributed by atoms with van der Waals surface area (Å²) in [6.07, 6.45) is 2.93. The molecular formula is C4H8AuClS+2. The zero-order chi connectivity index (χ0) is 3.54. The molecule has 1 fully saturated rings. The molecule has 0 bridgehead atoms. The Morgan fingerprint density at radius 2 is 1.43 bits per heavy atom. The number of thioether (sulfide) groups is 1. The number of rotatable bonds is 0. The molecule has 0 saturated carbocycles. The van der Waals surface area contributed by atoms with Crippen molar-refractivity contribution in [2.75, 3.05) is 11.5 Å². The first-order valence-electron chi connectivity index (χ1n) is 2.08. The molecule has 0 unspecified atom stereocenters. The fourth-order valence-electron chi connectivity index (χ4n) is 0.510. The standard InChI is InChI=1S/C4H8S.Au.Cl/c1-2-4-5-3-1;;/h1-4H2;;/q;2*+1. The minimum Gasteiger partial charge on any atom is -0.162 e. The Morgan fingerprint density at radius 3 is 1.57 bits per heavy atom. The quantitative estimate of drug-likeness (QED) is 0.610. The van der Waals surface area contributed by atoms with E-state index in [0.29, 0.717) is 0 Å². The van der Waals surface area contributed by atoms with Crippen LogP contribution in [0.5, 0.6) is 0 Å². The zero-order valence-electron chi connectivity index (χ0n) is 3.92. The van der Waals surface area contributed by atoms with Gasteiger partial charge in [-0.1, -0.05) is 0 Å². The van der Waals surface area contributed by atoms with Crippen LogP contribution in [0.1, 0.15) is 12.8 Å². The molecule has 1 rings (SSSR count). The number of hydrogen-bond acceptors (Lipinski definition) is 1. The van der Waals surface area contributed by atoms with Gasteiger partial charge in [0, 0.05) is 0 Å². The molecule has 2 radical (unpaired) electrons. The minimum absolute atomic E-state index is 0. The molecule has 0 aromatic heterocycles. The Morgan fingerprint density at radius 1 is 1.00 bits per heavy atom. The molecule has 3 heteroatoms. The molecule has 0 spiro atoms. The van der Waals surface area contributed by atoms with E-state index in [9.17, 15) is 0 Å². The van der Waals surface area contributed by atoms with Crippen molar-refractivity contribution < 1.29 is 34.8 Å². The Kier molecular flexibility index (Phi) is 11.8. The summed E-state index contributed by atoms with van der Waals surface area (Å²) in [4.78, 5) is 0. The Bertz CT molecular complexity index is 23.3. The molecule has 0 aliphatic carbocycles. The van der Waals surface area contributed by atoms with Crippen molar-refractivity contribution >= 4 is 11.8 Å². The van der Waals surface area contributed by atoms with Crippen LogP contribution in [0, 0.1) is 12.4 Å². The second-order valence-electron chi connectivity index (χ2n) is 1.32. The predicted octanol–water partition coefficient (Wildman–Crippen LogP) is 1.51. The molecule has 0 amide bonds. The molecule has 0 nitrogen and oxygen atoms in total.